The molecule has 144 valence electrons. The molecule has 0 spiro atoms. The fourth-order valence-corrected chi connectivity index (χ4v) is 4.77. The zero-order valence-corrected chi connectivity index (χ0v) is 16.8. The molecule has 1 fully saturated rings. The monoisotopic (exact) mass is 386 g/mol. The molecular formula is C21H26N2O3S. The summed E-state index contributed by atoms with van der Waals surface area (Å²) >= 11 is 0. The highest BCUT2D eigenvalue weighted by Gasteiger charge is 2.27. The summed E-state index contributed by atoms with van der Waals surface area (Å²) in [6.07, 6.45) is 1.80. The highest BCUT2D eigenvalue weighted by Crippen LogP contribution is 2.22. The average Bonchev–Trinajstić information content (AvgIpc) is 3.19. The molecule has 1 atom stereocenters. The van der Waals surface area contributed by atoms with Gasteiger partial charge in [0.1, 0.15) is 0 Å². The number of hydrogen-bond donors (Lipinski definition) is 1. The first-order valence-electron chi connectivity index (χ1n) is 9.27. The molecule has 1 heterocycles. The van der Waals surface area contributed by atoms with Gasteiger partial charge in [-0.1, -0.05) is 18.2 Å². The van der Waals surface area contributed by atoms with E-state index in [4.69, 9.17) is 0 Å². The topological polar surface area (TPSA) is 66.5 Å². The van der Waals surface area contributed by atoms with E-state index in [1.807, 2.05) is 26.0 Å². The van der Waals surface area contributed by atoms with Gasteiger partial charge in [-0.3, -0.25) is 4.79 Å². The van der Waals surface area contributed by atoms with Crippen LogP contribution in [0.2, 0.25) is 0 Å². The number of carbonyl (C=O) groups is 1. The maximum Gasteiger partial charge on any atom is 0.251 e. The molecule has 27 heavy (non-hydrogen) atoms. The van der Waals surface area contributed by atoms with E-state index in [0.29, 0.717) is 18.7 Å². The quantitative estimate of drug-likeness (QED) is 0.854. The Balaban J connectivity index is 1.71. The number of nitrogens with zero attached hydrogens (tertiary/aromatic N) is 1. The molecule has 1 N–H and O–H groups in total. The van der Waals surface area contributed by atoms with Crippen molar-refractivity contribution >= 4 is 15.9 Å². The summed E-state index contributed by atoms with van der Waals surface area (Å²) in [5.74, 6) is -0.217. The molecule has 3 rings (SSSR count). The van der Waals surface area contributed by atoms with Crippen molar-refractivity contribution in [2.24, 2.45) is 0 Å². The third-order valence-corrected chi connectivity index (χ3v) is 7.11. The minimum Gasteiger partial charge on any atom is -0.346 e. The minimum atomic E-state index is -3.45. The lowest BCUT2D eigenvalue weighted by molar-refractivity contribution is 0.0939. The third-order valence-electron chi connectivity index (χ3n) is 5.20. The summed E-state index contributed by atoms with van der Waals surface area (Å²) < 4.78 is 26.6. The van der Waals surface area contributed by atoms with Crippen molar-refractivity contribution in [1.82, 2.24) is 9.62 Å². The molecule has 1 aliphatic heterocycles. The second-order valence-electron chi connectivity index (χ2n) is 7.17. The smallest absolute Gasteiger partial charge is 0.251 e. The van der Waals surface area contributed by atoms with Crippen LogP contribution in [0.4, 0.5) is 0 Å². The molecule has 0 aromatic heterocycles. The van der Waals surface area contributed by atoms with E-state index >= 15 is 0 Å². The van der Waals surface area contributed by atoms with Crippen molar-refractivity contribution in [3.8, 4) is 0 Å². The Bertz CT molecular complexity index is 930. The number of rotatable bonds is 5. The van der Waals surface area contributed by atoms with Crippen LogP contribution in [0.5, 0.6) is 0 Å². The van der Waals surface area contributed by atoms with Gasteiger partial charge in [-0.2, -0.15) is 4.31 Å². The molecule has 5 nitrogen and oxygen atoms in total. The minimum absolute atomic E-state index is 0.134. The van der Waals surface area contributed by atoms with Gasteiger partial charge in [0.15, 0.2) is 0 Å². The fourth-order valence-electron chi connectivity index (χ4n) is 3.25. The van der Waals surface area contributed by atoms with Crippen LogP contribution in [0, 0.1) is 13.8 Å². The van der Waals surface area contributed by atoms with Crippen LogP contribution in [0.25, 0.3) is 0 Å². The normalized spacial score (nSPS) is 16.3. The molecule has 0 saturated carbocycles. The van der Waals surface area contributed by atoms with Gasteiger partial charge in [-0.25, -0.2) is 8.42 Å². The average molecular weight is 387 g/mol. The Morgan fingerprint density at radius 3 is 2.22 bits per heavy atom. The van der Waals surface area contributed by atoms with E-state index in [1.165, 1.54) is 27.6 Å². The summed E-state index contributed by atoms with van der Waals surface area (Å²) in [7, 11) is -3.45. The molecule has 1 aliphatic rings. The molecule has 0 radical (unpaired) electrons. The maximum absolute atomic E-state index is 12.6. The summed E-state index contributed by atoms with van der Waals surface area (Å²) in [5, 5.41) is 2.97. The van der Waals surface area contributed by atoms with Crippen molar-refractivity contribution in [2.75, 3.05) is 13.1 Å². The van der Waals surface area contributed by atoms with Crippen molar-refractivity contribution in [3.63, 3.8) is 0 Å². The molecule has 0 bridgehead atoms. The van der Waals surface area contributed by atoms with E-state index in [2.05, 4.69) is 18.3 Å². The van der Waals surface area contributed by atoms with E-state index in [-0.39, 0.29) is 16.8 Å². The number of carbonyl (C=O) groups excluding carboxylic acids is 1. The van der Waals surface area contributed by atoms with Crippen LogP contribution >= 0.6 is 0 Å². The number of aryl methyl sites for hydroxylation is 2. The predicted molar refractivity (Wildman–Crippen MR) is 106 cm³/mol. The zero-order chi connectivity index (χ0) is 19.6. The molecule has 1 unspecified atom stereocenters. The number of benzene rings is 2. The SMILES string of the molecule is Cc1ccc(C(C)NC(=O)c2ccc(S(=O)(=O)N3CCCC3)cc2)cc1C. The number of nitrogens with one attached hydrogen (secondary N) is 1. The van der Waals surface area contributed by atoms with Crippen molar-refractivity contribution in [2.45, 2.75) is 44.6 Å². The van der Waals surface area contributed by atoms with Crippen LogP contribution in [-0.4, -0.2) is 31.7 Å². The Hall–Kier alpha value is -2.18. The molecule has 2 aromatic rings. The van der Waals surface area contributed by atoms with Crippen LogP contribution in [0.15, 0.2) is 47.4 Å². The van der Waals surface area contributed by atoms with E-state index < -0.39 is 10.0 Å². The lowest BCUT2D eigenvalue weighted by Gasteiger charge is -2.17. The number of sulfonamides is 1. The summed E-state index contributed by atoms with van der Waals surface area (Å²) in [5.41, 5.74) is 3.89. The van der Waals surface area contributed by atoms with E-state index in [1.54, 1.807) is 12.1 Å². The van der Waals surface area contributed by atoms with E-state index in [0.717, 1.165) is 18.4 Å². The molecule has 2 aromatic carbocycles. The molecule has 0 aliphatic carbocycles. The van der Waals surface area contributed by atoms with Gasteiger partial charge < -0.3 is 5.32 Å². The summed E-state index contributed by atoms with van der Waals surface area (Å²) in [6, 6.07) is 12.2. The molecule has 6 heteroatoms. The van der Waals surface area contributed by atoms with Crippen molar-refractivity contribution in [1.29, 1.82) is 0 Å². The Kier molecular flexibility index (Phi) is 5.67. The van der Waals surface area contributed by atoms with Crippen molar-refractivity contribution in [3.05, 3.63) is 64.7 Å². The van der Waals surface area contributed by atoms with Gasteiger partial charge in [-0.05, 0) is 74.6 Å². The Morgan fingerprint density at radius 1 is 1.00 bits per heavy atom. The molecular weight excluding hydrogens is 360 g/mol. The summed E-state index contributed by atoms with van der Waals surface area (Å²) in [6.45, 7) is 7.18. The summed E-state index contributed by atoms with van der Waals surface area (Å²) in [4.78, 5) is 12.8. The predicted octanol–water partition coefficient (Wildman–Crippen LogP) is 3.58. The third kappa shape index (κ3) is 4.22. The van der Waals surface area contributed by atoms with Gasteiger partial charge in [0.05, 0.1) is 10.9 Å². The van der Waals surface area contributed by atoms with Gasteiger partial charge in [-0.15, -0.1) is 0 Å². The van der Waals surface area contributed by atoms with E-state index in [9.17, 15) is 13.2 Å². The molecule has 1 saturated heterocycles. The largest absolute Gasteiger partial charge is 0.346 e. The maximum atomic E-state index is 12.6. The first-order chi connectivity index (χ1) is 12.8. The van der Waals surface area contributed by atoms with Crippen LogP contribution in [0.3, 0.4) is 0 Å². The van der Waals surface area contributed by atoms with Crippen LogP contribution in [-0.2, 0) is 10.0 Å². The van der Waals surface area contributed by atoms with Gasteiger partial charge in [0.2, 0.25) is 10.0 Å². The second kappa shape index (κ2) is 7.82. The number of hydrogen-bond acceptors (Lipinski definition) is 3. The standard InChI is InChI=1S/C21H26N2O3S/c1-15-6-7-19(14-16(15)2)17(3)22-21(24)18-8-10-20(11-9-18)27(25,26)23-12-4-5-13-23/h6-11,14,17H,4-5,12-13H2,1-3H3,(H,22,24). The van der Waals surface area contributed by atoms with Crippen LogP contribution in [0.1, 0.15) is 52.9 Å². The van der Waals surface area contributed by atoms with Gasteiger partial charge in [0.25, 0.3) is 5.91 Å². The Morgan fingerprint density at radius 2 is 1.63 bits per heavy atom. The lowest BCUT2D eigenvalue weighted by atomic mass is 10.0. The highest BCUT2D eigenvalue weighted by atomic mass is 32.2. The van der Waals surface area contributed by atoms with Gasteiger partial charge in [0, 0.05) is 18.7 Å². The second-order valence-corrected chi connectivity index (χ2v) is 9.11. The van der Waals surface area contributed by atoms with Crippen molar-refractivity contribution < 1.29 is 13.2 Å². The van der Waals surface area contributed by atoms with Gasteiger partial charge >= 0.3 is 0 Å². The lowest BCUT2D eigenvalue weighted by Crippen LogP contribution is -2.28. The fraction of sp³-hybridized carbons (Fsp3) is 0.381. The highest BCUT2D eigenvalue weighted by molar-refractivity contribution is 7.89. The zero-order valence-electron chi connectivity index (χ0n) is 16.0. The first-order valence-corrected chi connectivity index (χ1v) is 10.7. The van der Waals surface area contributed by atoms with Crippen LogP contribution < -0.4 is 5.32 Å². The molecule has 1 amide bonds. The Labute approximate surface area is 161 Å². The first kappa shape index (κ1) is 19.6. The number of amides is 1.